The van der Waals surface area contributed by atoms with E-state index in [2.05, 4.69) is 11.4 Å². The van der Waals surface area contributed by atoms with Gasteiger partial charge in [-0.1, -0.05) is 13.8 Å². The summed E-state index contributed by atoms with van der Waals surface area (Å²) in [5, 5.41) is 20.8. The van der Waals surface area contributed by atoms with Crippen LogP contribution < -0.4 is 5.32 Å². The van der Waals surface area contributed by atoms with Crippen LogP contribution in [0.3, 0.4) is 0 Å². The van der Waals surface area contributed by atoms with Gasteiger partial charge in [-0.05, 0) is 26.7 Å². The van der Waals surface area contributed by atoms with Gasteiger partial charge >= 0.3 is 0 Å². The van der Waals surface area contributed by atoms with Crippen LogP contribution in [-0.4, -0.2) is 23.2 Å². The predicted molar refractivity (Wildman–Crippen MR) is 57.9 cm³/mol. The van der Waals surface area contributed by atoms with Gasteiger partial charge in [0.25, 0.3) is 0 Å². The fourth-order valence-corrected chi connectivity index (χ4v) is 1.25. The third-order valence-electron chi connectivity index (χ3n) is 2.70. The number of carbonyl (C=O) groups is 1. The van der Waals surface area contributed by atoms with Gasteiger partial charge in [-0.3, -0.25) is 4.79 Å². The van der Waals surface area contributed by atoms with Crippen LogP contribution in [0.1, 0.15) is 40.5 Å². The summed E-state index contributed by atoms with van der Waals surface area (Å²) in [6, 6.07) is 2.07. The van der Waals surface area contributed by atoms with Crippen LogP contribution in [0.5, 0.6) is 0 Å². The Kier molecular flexibility index (Phi) is 4.76. The standard InChI is InChI=1S/C11H20N2O2/c1-5-11(6-2,7-12)9(15)13-10(3,4)8-14/h14H,5-6,8H2,1-4H3,(H,13,15). The van der Waals surface area contributed by atoms with Crippen LogP contribution in [0.4, 0.5) is 0 Å². The molecule has 0 aliphatic carbocycles. The Morgan fingerprint density at radius 3 is 2.13 bits per heavy atom. The lowest BCUT2D eigenvalue weighted by Crippen LogP contribution is -2.51. The van der Waals surface area contributed by atoms with E-state index in [1.54, 1.807) is 13.8 Å². The van der Waals surface area contributed by atoms with Gasteiger partial charge in [0.1, 0.15) is 5.41 Å². The topological polar surface area (TPSA) is 73.1 Å². The molecule has 0 unspecified atom stereocenters. The first-order valence-electron chi connectivity index (χ1n) is 5.22. The number of carbonyl (C=O) groups excluding carboxylic acids is 1. The van der Waals surface area contributed by atoms with Crippen molar-refractivity contribution in [1.82, 2.24) is 5.32 Å². The normalized spacial score (nSPS) is 12.0. The van der Waals surface area contributed by atoms with E-state index >= 15 is 0 Å². The highest BCUT2D eigenvalue weighted by Gasteiger charge is 2.37. The maximum Gasteiger partial charge on any atom is 0.240 e. The SMILES string of the molecule is CCC(C#N)(CC)C(=O)NC(C)(C)CO. The molecule has 0 aromatic carbocycles. The van der Waals surface area contributed by atoms with Crippen LogP contribution in [0, 0.1) is 16.7 Å². The highest BCUT2D eigenvalue weighted by molar-refractivity contribution is 5.85. The quantitative estimate of drug-likeness (QED) is 0.719. The van der Waals surface area contributed by atoms with Crippen molar-refractivity contribution >= 4 is 5.91 Å². The molecule has 0 aliphatic rings. The van der Waals surface area contributed by atoms with Crippen LogP contribution >= 0.6 is 0 Å². The van der Waals surface area contributed by atoms with Gasteiger partial charge in [-0.15, -0.1) is 0 Å². The zero-order valence-corrected chi connectivity index (χ0v) is 9.92. The molecule has 0 aliphatic heterocycles. The Hall–Kier alpha value is -1.08. The minimum atomic E-state index is -0.966. The van der Waals surface area contributed by atoms with E-state index in [1.165, 1.54) is 0 Å². The van der Waals surface area contributed by atoms with E-state index in [0.717, 1.165) is 0 Å². The van der Waals surface area contributed by atoms with Gasteiger partial charge in [0.2, 0.25) is 5.91 Å². The molecule has 86 valence electrons. The Labute approximate surface area is 91.3 Å². The summed E-state index contributed by atoms with van der Waals surface area (Å²) in [5.74, 6) is -0.297. The largest absolute Gasteiger partial charge is 0.394 e. The number of hydrogen-bond donors (Lipinski definition) is 2. The Balaban J connectivity index is 4.77. The van der Waals surface area contributed by atoms with Crippen LogP contribution in [0.2, 0.25) is 0 Å². The van der Waals surface area contributed by atoms with Gasteiger partial charge in [-0.25, -0.2) is 0 Å². The van der Waals surface area contributed by atoms with Gasteiger partial charge in [0.05, 0.1) is 18.2 Å². The molecule has 0 heterocycles. The zero-order valence-electron chi connectivity index (χ0n) is 9.92. The first kappa shape index (κ1) is 13.9. The molecule has 4 heteroatoms. The first-order valence-corrected chi connectivity index (χ1v) is 5.22. The molecule has 0 aromatic rings. The summed E-state index contributed by atoms with van der Waals surface area (Å²) in [4.78, 5) is 11.9. The number of hydrogen-bond acceptors (Lipinski definition) is 3. The molecule has 0 fully saturated rings. The molecule has 0 radical (unpaired) electrons. The Morgan fingerprint density at radius 2 is 1.87 bits per heavy atom. The summed E-state index contributed by atoms with van der Waals surface area (Å²) in [5.41, 5.74) is -1.64. The number of aliphatic hydroxyl groups is 1. The minimum absolute atomic E-state index is 0.145. The molecule has 2 N–H and O–H groups in total. The molecule has 4 nitrogen and oxygen atoms in total. The molecule has 1 amide bonds. The first-order chi connectivity index (χ1) is 6.87. The van der Waals surface area contributed by atoms with E-state index in [9.17, 15) is 4.79 Å². The lowest BCUT2D eigenvalue weighted by molar-refractivity contribution is -0.130. The predicted octanol–water partition coefficient (Wildman–Crippen LogP) is 1.20. The van der Waals surface area contributed by atoms with Crippen molar-refractivity contribution < 1.29 is 9.90 Å². The fraction of sp³-hybridized carbons (Fsp3) is 0.818. The van der Waals surface area contributed by atoms with E-state index < -0.39 is 11.0 Å². The highest BCUT2D eigenvalue weighted by Crippen LogP contribution is 2.26. The second-order valence-corrected chi connectivity index (χ2v) is 4.40. The lowest BCUT2D eigenvalue weighted by atomic mass is 9.82. The van der Waals surface area contributed by atoms with Crippen molar-refractivity contribution in [2.45, 2.75) is 46.1 Å². The molecular formula is C11H20N2O2. The maximum atomic E-state index is 11.9. The van der Waals surface area contributed by atoms with Crippen molar-refractivity contribution in [3.8, 4) is 6.07 Å². The second-order valence-electron chi connectivity index (χ2n) is 4.40. The monoisotopic (exact) mass is 212 g/mol. The van der Waals surface area contributed by atoms with Gasteiger partial charge in [0.15, 0.2) is 0 Å². The Morgan fingerprint density at radius 1 is 1.40 bits per heavy atom. The van der Waals surface area contributed by atoms with Crippen LogP contribution in [0.15, 0.2) is 0 Å². The van der Waals surface area contributed by atoms with Gasteiger partial charge in [0, 0.05) is 0 Å². The molecule has 0 rings (SSSR count). The van der Waals surface area contributed by atoms with Crippen molar-refractivity contribution in [2.75, 3.05) is 6.61 Å². The number of aliphatic hydroxyl groups excluding tert-OH is 1. The van der Waals surface area contributed by atoms with Gasteiger partial charge < -0.3 is 10.4 Å². The molecule has 0 saturated heterocycles. The maximum absolute atomic E-state index is 11.9. The molecule has 15 heavy (non-hydrogen) atoms. The molecule has 0 aromatic heterocycles. The van der Waals surface area contributed by atoms with Crippen molar-refractivity contribution in [3.63, 3.8) is 0 Å². The van der Waals surface area contributed by atoms with Crippen molar-refractivity contribution in [3.05, 3.63) is 0 Å². The average molecular weight is 212 g/mol. The Bertz CT molecular complexity index is 262. The molecule has 0 saturated carbocycles. The number of amides is 1. The molecule has 0 bridgehead atoms. The smallest absolute Gasteiger partial charge is 0.240 e. The van der Waals surface area contributed by atoms with E-state index in [1.807, 2.05) is 13.8 Å². The molecule has 0 spiro atoms. The number of nitrogens with one attached hydrogen (secondary N) is 1. The van der Waals surface area contributed by atoms with Gasteiger partial charge in [-0.2, -0.15) is 5.26 Å². The average Bonchev–Trinajstić information content (AvgIpc) is 2.21. The van der Waals surface area contributed by atoms with E-state index in [4.69, 9.17) is 10.4 Å². The third kappa shape index (κ3) is 3.21. The highest BCUT2D eigenvalue weighted by atomic mass is 16.3. The fourth-order valence-electron chi connectivity index (χ4n) is 1.25. The zero-order chi connectivity index (χ0) is 12.1. The van der Waals surface area contributed by atoms with Crippen LogP contribution in [-0.2, 0) is 4.79 Å². The third-order valence-corrected chi connectivity index (χ3v) is 2.70. The molecular weight excluding hydrogens is 192 g/mol. The number of nitrogens with zero attached hydrogens (tertiary/aromatic N) is 1. The van der Waals surface area contributed by atoms with Crippen LogP contribution in [0.25, 0.3) is 0 Å². The molecule has 0 atom stereocenters. The second kappa shape index (κ2) is 5.13. The van der Waals surface area contributed by atoms with E-state index in [-0.39, 0.29) is 12.5 Å². The summed E-state index contributed by atoms with van der Waals surface area (Å²) in [7, 11) is 0. The summed E-state index contributed by atoms with van der Waals surface area (Å²) in [6.45, 7) is 6.93. The number of nitriles is 1. The minimum Gasteiger partial charge on any atom is -0.394 e. The summed E-state index contributed by atoms with van der Waals surface area (Å²) >= 11 is 0. The summed E-state index contributed by atoms with van der Waals surface area (Å²) in [6.07, 6.45) is 0.959. The van der Waals surface area contributed by atoms with E-state index in [0.29, 0.717) is 12.8 Å². The van der Waals surface area contributed by atoms with Crippen molar-refractivity contribution in [1.29, 1.82) is 5.26 Å². The number of rotatable bonds is 5. The lowest BCUT2D eigenvalue weighted by Gasteiger charge is -2.30. The summed E-state index contributed by atoms with van der Waals surface area (Å²) < 4.78 is 0. The van der Waals surface area contributed by atoms with Crippen molar-refractivity contribution in [2.24, 2.45) is 5.41 Å².